The Labute approximate surface area is 188 Å². The van der Waals surface area contributed by atoms with E-state index in [1.54, 1.807) is 5.57 Å². The monoisotopic (exact) mass is 456 g/mol. The largest absolute Gasteiger partial charge is 0.414 e. The van der Waals surface area contributed by atoms with E-state index in [1.807, 2.05) is 20.8 Å². The average Bonchev–Trinajstić information content (AvgIpc) is 3.03. The van der Waals surface area contributed by atoms with Crippen molar-refractivity contribution in [3.8, 4) is 0 Å². The molecule has 0 aromatic heterocycles. The molecule has 0 radical (unpaired) electrons. The number of allylic oxidation sites excluding steroid dienone is 2. The zero-order chi connectivity index (χ0) is 22.8. The topological polar surface area (TPSA) is 43.4 Å². The molecule has 0 saturated heterocycles. The van der Waals surface area contributed by atoms with Gasteiger partial charge in [0.1, 0.15) is 0 Å². The number of rotatable bonds is 10. The predicted molar refractivity (Wildman–Crippen MR) is 132 cm³/mol. The molecular formula is C25H48O3SSi. The third kappa shape index (κ3) is 5.26. The zero-order valence-electron chi connectivity index (χ0n) is 21.0. The van der Waals surface area contributed by atoms with Crippen molar-refractivity contribution in [2.45, 2.75) is 123 Å². The van der Waals surface area contributed by atoms with Crippen molar-refractivity contribution < 1.29 is 12.8 Å². The Morgan fingerprint density at radius 2 is 1.80 bits per heavy atom. The predicted octanol–water partition coefficient (Wildman–Crippen LogP) is 7.14. The normalized spacial score (nSPS) is 28.9. The van der Waals surface area contributed by atoms with E-state index < -0.39 is 22.9 Å². The SMILES string of the molecule is CC[Si](CC)(CC)O[C@H]1CCC[C@]2(C)C([C@H](C)CCCS(=O)(=O)C(C)(C)C)=CCC12. The summed E-state index contributed by atoms with van der Waals surface area (Å²) >= 11 is 0. The minimum absolute atomic E-state index is 0.237. The van der Waals surface area contributed by atoms with Gasteiger partial charge >= 0.3 is 0 Å². The van der Waals surface area contributed by atoms with E-state index in [-0.39, 0.29) is 5.41 Å². The molecule has 0 amide bonds. The number of fused-ring (bicyclic) bond motifs is 1. The summed E-state index contributed by atoms with van der Waals surface area (Å²) in [6.07, 6.45) is 9.51. The van der Waals surface area contributed by atoms with Crippen molar-refractivity contribution in [2.75, 3.05) is 5.75 Å². The molecule has 2 aliphatic rings. The van der Waals surface area contributed by atoms with E-state index in [2.05, 4.69) is 40.7 Å². The van der Waals surface area contributed by atoms with Crippen molar-refractivity contribution in [3.05, 3.63) is 11.6 Å². The Kier molecular flexibility index (Phi) is 8.52. The number of hydrogen-bond donors (Lipinski definition) is 0. The van der Waals surface area contributed by atoms with Crippen LogP contribution in [0.15, 0.2) is 11.6 Å². The molecule has 1 unspecified atom stereocenters. The fourth-order valence-corrected chi connectivity index (χ4v) is 10.1. The molecule has 0 bridgehead atoms. The third-order valence-electron chi connectivity index (χ3n) is 8.55. The second-order valence-electron chi connectivity index (χ2n) is 11.2. The molecule has 0 N–H and O–H groups in total. The van der Waals surface area contributed by atoms with E-state index in [9.17, 15) is 8.42 Å². The maximum atomic E-state index is 12.5. The van der Waals surface area contributed by atoms with Crippen molar-refractivity contribution in [1.29, 1.82) is 0 Å². The van der Waals surface area contributed by atoms with E-state index in [0.717, 1.165) is 19.3 Å². The Balaban J connectivity index is 2.05. The first kappa shape index (κ1) is 26.1. The highest BCUT2D eigenvalue weighted by Crippen LogP contribution is 2.56. The van der Waals surface area contributed by atoms with E-state index in [4.69, 9.17) is 4.43 Å². The zero-order valence-corrected chi connectivity index (χ0v) is 22.8. The maximum absolute atomic E-state index is 12.5. The molecule has 0 spiro atoms. The quantitative estimate of drug-likeness (QED) is 0.259. The smallest absolute Gasteiger partial charge is 0.192 e. The van der Waals surface area contributed by atoms with Crippen LogP contribution in [-0.2, 0) is 14.3 Å². The van der Waals surface area contributed by atoms with Gasteiger partial charge in [-0.1, -0.05) is 52.7 Å². The van der Waals surface area contributed by atoms with Crippen LogP contribution >= 0.6 is 0 Å². The van der Waals surface area contributed by atoms with Gasteiger partial charge < -0.3 is 4.43 Å². The fourth-order valence-electron chi connectivity index (χ4n) is 5.99. The van der Waals surface area contributed by atoms with Crippen LogP contribution in [0.4, 0.5) is 0 Å². The van der Waals surface area contributed by atoms with Crippen LogP contribution in [0.3, 0.4) is 0 Å². The van der Waals surface area contributed by atoms with Gasteiger partial charge in [0.25, 0.3) is 0 Å². The summed E-state index contributed by atoms with van der Waals surface area (Å²) in [6.45, 7) is 17.2. The summed E-state index contributed by atoms with van der Waals surface area (Å²) in [5, 5.41) is 0. The minimum Gasteiger partial charge on any atom is -0.414 e. The van der Waals surface area contributed by atoms with Crippen LogP contribution in [0, 0.1) is 17.3 Å². The first-order valence-corrected chi connectivity index (χ1v) is 16.6. The average molecular weight is 457 g/mol. The third-order valence-corrected chi connectivity index (χ3v) is 15.9. The second-order valence-corrected chi connectivity index (χ2v) is 18.8. The van der Waals surface area contributed by atoms with Gasteiger partial charge in [-0.25, -0.2) is 8.42 Å². The summed E-state index contributed by atoms with van der Waals surface area (Å²) in [5.74, 6) is 1.37. The number of hydrogen-bond acceptors (Lipinski definition) is 3. The molecule has 1 saturated carbocycles. The maximum Gasteiger partial charge on any atom is 0.192 e. The van der Waals surface area contributed by atoms with Gasteiger partial charge in [0.2, 0.25) is 0 Å². The minimum atomic E-state index is -3.03. The molecule has 0 aliphatic heterocycles. The molecule has 2 rings (SSSR count). The second kappa shape index (κ2) is 9.78. The van der Waals surface area contributed by atoms with Gasteiger partial charge in [0.15, 0.2) is 18.2 Å². The molecule has 4 atom stereocenters. The van der Waals surface area contributed by atoms with E-state index in [1.165, 1.54) is 37.4 Å². The van der Waals surface area contributed by atoms with Gasteiger partial charge in [-0.3, -0.25) is 0 Å². The summed E-state index contributed by atoms with van der Waals surface area (Å²) in [6, 6.07) is 3.66. The lowest BCUT2D eigenvalue weighted by atomic mass is 9.63. The van der Waals surface area contributed by atoms with Crippen LogP contribution in [0.1, 0.15) is 93.9 Å². The van der Waals surface area contributed by atoms with E-state index in [0.29, 0.717) is 23.7 Å². The molecule has 0 aromatic carbocycles. The van der Waals surface area contributed by atoms with Gasteiger partial charge in [0.05, 0.1) is 10.5 Å². The van der Waals surface area contributed by atoms with Crippen LogP contribution in [0.5, 0.6) is 0 Å². The molecule has 3 nitrogen and oxygen atoms in total. The summed E-state index contributed by atoms with van der Waals surface area (Å²) in [7, 11) is -4.62. The first-order chi connectivity index (χ1) is 13.9. The molecule has 2 aliphatic carbocycles. The first-order valence-electron chi connectivity index (χ1n) is 12.5. The lowest BCUT2D eigenvalue weighted by molar-refractivity contribution is 0.0174. The highest BCUT2D eigenvalue weighted by Gasteiger charge is 2.50. The van der Waals surface area contributed by atoms with Gasteiger partial charge in [-0.15, -0.1) is 0 Å². The highest BCUT2D eigenvalue weighted by atomic mass is 32.2. The van der Waals surface area contributed by atoms with E-state index >= 15 is 0 Å². The van der Waals surface area contributed by atoms with Crippen LogP contribution < -0.4 is 0 Å². The summed E-state index contributed by atoms with van der Waals surface area (Å²) < 4.78 is 31.3. The Morgan fingerprint density at radius 1 is 1.20 bits per heavy atom. The van der Waals surface area contributed by atoms with Crippen molar-refractivity contribution in [3.63, 3.8) is 0 Å². The van der Waals surface area contributed by atoms with Crippen LogP contribution in [-0.4, -0.2) is 33.3 Å². The molecule has 1 fully saturated rings. The van der Waals surface area contributed by atoms with Crippen LogP contribution in [0.25, 0.3) is 0 Å². The van der Waals surface area contributed by atoms with Crippen molar-refractivity contribution in [2.24, 2.45) is 17.3 Å². The van der Waals surface area contributed by atoms with Gasteiger partial charge in [0, 0.05) is 6.10 Å². The van der Waals surface area contributed by atoms with Gasteiger partial charge in [-0.2, -0.15) is 0 Å². The summed E-state index contributed by atoms with van der Waals surface area (Å²) in [4.78, 5) is 0. The lowest BCUT2D eigenvalue weighted by Gasteiger charge is -2.48. The molecule has 5 heteroatoms. The van der Waals surface area contributed by atoms with Gasteiger partial charge in [-0.05, 0) is 88.3 Å². The fraction of sp³-hybridized carbons (Fsp3) is 0.920. The standard InChI is InChI=1S/C25H48O3SSi/c1-9-30(10-2,11-3)28-23-15-12-18-25(8)21(16-17-22(23)25)20(4)14-13-19-29(26,27)24(5,6)7/h16,20,22-23H,9-15,17-19H2,1-8H3/t20-,22?,23+,25-/m1/s1. The Morgan fingerprint density at radius 3 is 2.33 bits per heavy atom. The van der Waals surface area contributed by atoms with Crippen molar-refractivity contribution in [1.82, 2.24) is 0 Å². The molecule has 0 heterocycles. The molecule has 30 heavy (non-hydrogen) atoms. The Hall–Kier alpha value is -0.133. The number of sulfone groups is 1. The molecular weight excluding hydrogens is 408 g/mol. The highest BCUT2D eigenvalue weighted by molar-refractivity contribution is 7.92. The summed E-state index contributed by atoms with van der Waals surface area (Å²) in [5.41, 5.74) is 1.83. The molecule has 176 valence electrons. The van der Waals surface area contributed by atoms with Crippen LogP contribution in [0.2, 0.25) is 18.1 Å². The molecule has 0 aromatic rings. The van der Waals surface area contributed by atoms with Crippen molar-refractivity contribution >= 4 is 18.2 Å². The Bertz CT molecular complexity index is 694. The lowest BCUT2D eigenvalue weighted by Crippen LogP contribution is -2.48.